The molecule has 2 fully saturated rings. The number of pyridine rings is 1. The minimum atomic E-state index is -4.21. The van der Waals surface area contributed by atoms with Crippen molar-refractivity contribution in [2.24, 2.45) is 0 Å². The number of benzene rings is 1. The second-order valence-electron chi connectivity index (χ2n) is 7.36. The number of nitrogens with zero attached hydrogens (tertiary/aromatic N) is 2. The summed E-state index contributed by atoms with van der Waals surface area (Å²) in [6, 6.07) is 3.98. The molecular formula is C19H18Cl2N4O5S. The number of hydrogen-bond donors (Lipinski definition) is 3. The Kier molecular flexibility index (Phi) is 5.82. The number of amides is 2. The fraction of sp³-hybridized carbons (Fsp3) is 0.316. The van der Waals surface area contributed by atoms with Gasteiger partial charge in [-0.15, -0.1) is 0 Å². The van der Waals surface area contributed by atoms with Crippen molar-refractivity contribution in [3.05, 3.63) is 40.6 Å². The molecular weight excluding hydrogens is 467 g/mol. The predicted octanol–water partition coefficient (Wildman–Crippen LogP) is 3.62. The molecule has 2 saturated heterocycles. The standard InChI is InChI=1S/C19H18Cl2N4O5S/c20-13-5-6-14(23-19(28)24-15-2-1-7-22-18(15)21)16(27)17(13)31(29,30)25-10-3-4-11(25)9-12(26)8-10/h1-2,5-7,10-11,27H,3-4,8-9H2,(H2,23,24,28)/t10-,11+. The first-order chi connectivity index (χ1) is 14.7. The summed E-state index contributed by atoms with van der Waals surface area (Å²) in [5, 5.41) is 15.4. The van der Waals surface area contributed by atoms with Crippen LogP contribution in [-0.4, -0.2) is 46.7 Å². The molecule has 2 aliphatic rings. The van der Waals surface area contributed by atoms with Crippen molar-refractivity contribution in [2.75, 3.05) is 10.6 Å². The monoisotopic (exact) mass is 484 g/mol. The van der Waals surface area contributed by atoms with Gasteiger partial charge in [-0.25, -0.2) is 18.2 Å². The number of phenolic OH excluding ortho intramolecular Hbond substituents is 1. The Morgan fingerprint density at radius 3 is 2.39 bits per heavy atom. The normalized spacial score (nSPS) is 21.2. The number of halogens is 2. The average Bonchev–Trinajstić information content (AvgIpc) is 2.99. The van der Waals surface area contributed by atoms with Crippen molar-refractivity contribution in [1.29, 1.82) is 0 Å². The maximum absolute atomic E-state index is 13.4. The van der Waals surface area contributed by atoms with E-state index in [2.05, 4.69) is 15.6 Å². The third kappa shape index (κ3) is 4.08. The van der Waals surface area contributed by atoms with Crippen molar-refractivity contribution in [2.45, 2.75) is 42.7 Å². The molecule has 2 aromatic rings. The number of phenols is 1. The van der Waals surface area contributed by atoms with Crippen LogP contribution in [0.15, 0.2) is 35.4 Å². The van der Waals surface area contributed by atoms with Gasteiger partial charge >= 0.3 is 6.03 Å². The van der Waals surface area contributed by atoms with Gasteiger partial charge in [0.2, 0.25) is 10.0 Å². The molecule has 31 heavy (non-hydrogen) atoms. The number of ketones is 1. The number of anilines is 2. The molecule has 0 unspecified atom stereocenters. The molecule has 1 aromatic heterocycles. The zero-order valence-corrected chi connectivity index (χ0v) is 18.3. The van der Waals surface area contributed by atoms with Gasteiger partial charge in [-0.2, -0.15) is 4.31 Å². The van der Waals surface area contributed by atoms with E-state index >= 15 is 0 Å². The highest BCUT2D eigenvalue weighted by atomic mass is 35.5. The van der Waals surface area contributed by atoms with Gasteiger partial charge < -0.3 is 15.7 Å². The van der Waals surface area contributed by atoms with Crippen molar-refractivity contribution in [3.8, 4) is 5.75 Å². The lowest BCUT2D eigenvalue weighted by atomic mass is 10.0. The molecule has 0 aliphatic carbocycles. The third-order valence-corrected chi connectivity index (χ3v) is 8.16. The number of nitrogens with one attached hydrogen (secondary N) is 2. The van der Waals surface area contributed by atoms with E-state index in [1.807, 2.05) is 0 Å². The number of piperidine rings is 1. The molecule has 0 saturated carbocycles. The van der Waals surface area contributed by atoms with Crippen LogP contribution >= 0.6 is 23.2 Å². The van der Waals surface area contributed by atoms with Gasteiger partial charge in [0.1, 0.15) is 10.7 Å². The van der Waals surface area contributed by atoms with Gasteiger partial charge in [-0.3, -0.25) is 4.79 Å². The first-order valence-corrected chi connectivity index (χ1v) is 11.6. The molecule has 164 valence electrons. The van der Waals surface area contributed by atoms with E-state index in [1.165, 1.54) is 28.7 Å². The molecule has 0 spiro atoms. The number of fused-ring (bicyclic) bond motifs is 2. The van der Waals surface area contributed by atoms with Crippen LogP contribution in [0.4, 0.5) is 16.2 Å². The van der Waals surface area contributed by atoms with Crippen LogP contribution in [-0.2, 0) is 14.8 Å². The maximum Gasteiger partial charge on any atom is 0.323 e. The molecule has 3 heterocycles. The van der Waals surface area contributed by atoms with Crippen molar-refractivity contribution < 1.29 is 23.1 Å². The van der Waals surface area contributed by atoms with E-state index in [9.17, 15) is 23.1 Å². The van der Waals surface area contributed by atoms with Crippen LogP contribution in [0.5, 0.6) is 5.75 Å². The Bertz CT molecular complexity index is 1160. The number of carbonyl (C=O) groups is 2. The predicted molar refractivity (Wildman–Crippen MR) is 115 cm³/mol. The Balaban J connectivity index is 1.63. The molecule has 2 bridgehead atoms. The molecule has 9 nitrogen and oxygen atoms in total. The van der Waals surface area contributed by atoms with E-state index in [4.69, 9.17) is 23.2 Å². The highest BCUT2D eigenvalue weighted by Gasteiger charge is 2.48. The Morgan fingerprint density at radius 1 is 1.10 bits per heavy atom. The Hall–Kier alpha value is -2.40. The molecule has 2 aliphatic heterocycles. The zero-order valence-electron chi connectivity index (χ0n) is 16.0. The number of sulfonamides is 1. The van der Waals surface area contributed by atoms with E-state index in [1.54, 1.807) is 6.07 Å². The van der Waals surface area contributed by atoms with Crippen molar-refractivity contribution in [1.82, 2.24) is 9.29 Å². The molecule has 4 rings (SSSR count). The van der Waals surface area contributed by atoms with Gasteiger partial charge in [0, 0.05) is 31.1 Å². The van der Waals surface area contributed by atoms with Crippen LogP contribution in [0, 0.1) is 0 Å². The van der Waals surface area contributed by atoms with Gasteiger partial charge in [-0.05, 0) is 37.1 Å². The lowest BCUT2D eigenvalue weighted by Gasteiger charge is -2.33. The fourth-order valence-corrected chi connectivity index (χ4v) is 6.71. The summed E-state index contributed by atoms with van der Waals surface area (Å²) in [4.78, 5) is 27.5. The lowest BCUT2D eigenvalue weighted by molar-refractivity contribution is -0.122. The molecule has 2 atom stereocenters. The summed E-state index contributed by atoms with van der Waals surface area (Å²) in [5.74, 6) is -0.661. The van der Waals surface area contributed by atoms with Gasteiger partial charge in [0.05, 0.1) is 16.4 Å². The quantitative estimate of drug-likeness (QED) is 0.448. The average molecular weight is 485 g/mol. The molecule has 2 amide bonds. The van der Waals surface area contributed by atoms with Gasteiger partial charge in [-0.1, -0.05) is 23.2 Å². The second kappa shape index (κ2) is 8.27. The van der Waals surface area contributed by atoms with E-state index in [0.29, 0.717) is 12.8 Å². The van der Waals surface area contributed by atoms with E-state index in [0.717, 1.165) is 0 Å². The largest absolute Gasteiger partial charge is 0.504 e. The third-order valence-electron chi connectivity index (χ3n) is 5.35. The van der Waals surface area contributed by atoms with Gasteiger partial charge in [0.25, 0.3) is 0 Å². The highest BCUT2D eigenvalue weighted by Crippen LogP contribution is 2.44. The summed E-state index contributed by atoms with van der Waals surface area (Å²) in [6.45, 7) is 0. The SMILES string of the molecule is O=C1C[C@H]2CC[C@@H](C1)N2S(=O)(=O)c1c(Cl)ccc(NC(=O)Nc2cccnc2Cl)c1O. The number of aromatic hydroxyl groups is 1. The topological polar surface area (TPSA) is 129 Å². The van der Waals surface area contributed by atoms with Crippen molar-refractivity contribution in [3.63, 3.8) is 0 Å². The lowest BCUT2D eigenvalue weighted by Crippen LogP contribution is -2.46. The number of rotatable bonds is 4. The number of hydrogen-bond acceptors (Lipinski definition) is 6. The van der Waals surface area contributed by atoms with Crippen molar-refractivity contribution >= 4 is 56.4 Å². The van der Waals surface area contributed by atoms with Crippen LogP contribution < -0.4 is 10.6 Å². The Labute approximate surface area is 188 Å². The van der Waals surface area contributed by atoms with Crippen LogP contribution in [0.1, 0.15) is 25.7 Å². The van der Waals surface area contributed by atoms with Crippen LogP contribution in [0.3, 0.4) is 0 Å². The minimum absolute atomic E-state index is 0.0235. The fourth-order valence-electron chi connectivity index (χ4n) is 4.08. The number of carbonyl (C=O) groups excluding carboxylic acids is 2. The zero-order chi connectivity index (χ0) is 22.3. The maximum atomic E-state index is 13.4. The molecule has 3 N–H and O–H groups in total. The summed E-state index contributed by atoms with van der Waals surface area (Å²) in [6.07, 6.45) is 2.87. The summed E-state index contributed by atoms with van der Waals surface area (Å²) in [7, 11) is -4.21. The summed E-state index contributed by atoms with van der Waals surface area (Å²) >= 11 is 12.1. The van der Waals surface area contributed by atoms with Crippen LogP contribution in [0.25, 0.3) is 0 Å². The van der Waals surface area contributed by atoms with E-state index < -0.39 is 38.8 Å². The summed E-state index contributed by atoms with van der Waals surface area (Å²) in [5.41, 5.74) is 0.0819. The summed E-state index contributed by atoms with van der Waals surface area (Å²) < 4.78 is 28.0. The number of urea groups is 1. The first kappa shape index (κ1) is 21.8. The molecule has 12 heteroatoms. The number of Topliss-reactive ketones (excluding diaryl/α,β-unsaturated/α-hetero) is 1. The van der Waals surface area contributed by atoms with Gasteiger partial charge in [0.15, 0.2) is 10.9 Å². The Morgan fingerprint density at radius 2 is 1.74 bits per heavy atom. The first-order valence-electron chi connectivity index (χ1n) is 9.43. The second-order valence-corrected chi connectivity index (χ2v) is 9.91. The van der Waals surface area contributed by atoms with Crippen LogP contribution in [0.2, 0.25) is 10.2 Å². The highest BCUT2D eigenvalue weighted by molar-refractivity contribution is 7.89. The number of aromatic nitrogens is 1. The smallest absolute Gasteiger partial charge is 0.323 e. The minimum Gasteiger partial charge on any atom is -0.504 e. The molecule has 0 radical (unpaired) electrons. The van der Waals surface area contributed by atoms with E-state index in [-0.39, 0.29) is 40.2 Å². The molecule has 1 aromatic carbocycles.